The molecule has 0 spiro atoms. The van der Waals surface area contributed by atoms with Gasteiger partial charge in [0.15, 0.2) is 23.2 Å². The number of Topliss-reactive ketones (excluding diaryl/α,β-unsaturated/α-hetero) is 1. The normalized spacial score (nSPS) is 10.3. The van der Waals surface area contributed by atoms with E-state index in [0.717, 1.165) is 6.07 Å². The smallest absolute Gasteiger partial charge is 0.195 e. The van der Waals surface area contributed by atoms with Crippen LogP contribution < -0.4 is 0 Å². The van der Waals surface area contributed by atoms with Gasteiger partial charge in [0, 0.05) is 0 Å². The van der Waals surface area contributed by atoms with Gasteiger partial charge in [-0.1, -0.05) is 6.58 Å². The largest absolute Gasteiger partial charge is 0.498 e. The van der Waals surface area contributed by atoms with Crippen molar-refractivity contribution in [3.05, 3.63) is 47.0 Å². The monoisotopic (exact) mass is 258 g/mol. The molecule has 0 amide bonds. The first-order valence-corrected chi connectivity index (χ1v) is 5.36. The number of hydrogen-bond acceptors (Lipinski definition) is 2. The SMILES string of the molecule is C=C(CC(=O)c1cc(C)c(F)c(F)c1F)OCC. The molecule has 0 fully saturated rings. The van der Waals surface area contributed by atoms with E-state index in [2.05, 4.69) is 6.58 Å². The Morgan fingerprint density at radius 2 is 1.89 bits per heavy atom. The van der Waals surface area contributed by atoms with Gasteiger partial charge < -0.3 is 4.74 Å². The van der Waals surface area contributed by atoms with E-state index in [9.17, 15) is 18.0 Å². The Morgan fingerprint density at radius 3 is 2.44 bits per heavy atom. The molecule has 0 bridgehead atoms. The number of allylic oxidation sites excluding steroid dienone is 1. The second kappa shape index (κ2) is 5.71. The van der Waals surface area contributed by atoms with Gasteiger partial charge in [-0.15, -0.1) is 0 Å². The number of carbonyl (C=O) groups is 1. The number of benzene rings is 1. The Hall–Kier alpha value is -1.78. The first-order chi connectivity index (χ1) is 8.38. The van der Waals surface area contributed by atoms with Gasteiger partial charge in [-0.2, -0.15) is 0 Å². The average molecular weight is 258 g/mol. The van der Waals surface area contributed by atoms with Crippen molar-refractivity contribution >= 4 is 5.78 Å². The topological polar surface area (TPSA) is 26.3 Å². The van der Waals surface area contributed by atoms with Crippen molar-refractivity contribution in [3.8, 4) is 0 Å². The van der Waals surface area contributed by atoms with Crippen LogP contribution in [0.5, 0.6) is 0 Å². The fraction of sp³-hybridized carbons (Fsp3) is 0.308. The number of hydrogen-bond donors (Lipinski definition) is 0. The highest BCUT2D eigenvalue weighted by Crippen LogP contribution is 2.21. The molecule has 18 heavy (non-hydrogen) atoms. The maximum atomic E-state index is 13.4. The van der Waals surface area contributed by atoms with Crippen LogP contribution in [0.4, 0.5) is 13.2 Å². The molecule has 0 heterocycles. The molecule has 98 valence electrons. The Morgan fingerprint density at radius 1 is 1.28 bits per heavy atom. The van der Waals surface area contributed by atoms with Crippen LogP contribution >= 0.6 is 0 Å². The summed E-state index contributed by atoms with van der Waals surface area (Å²) in [5.41, 5.74) is -0.619. The summed E-state index contributed by atoms with van der Waals surface area (Å²) in [5, 5.41) is 0. The minimum atomic E-state index is -1.64. The van der Waals surface area contributed by atoms with Crippen molar-refractivity contribution < 1.29 is 22.7 Å². The van der Waals surface area contributed by atoms with Crippen molar-refractivity contribution in [2.45, 2.75) is 20.3 Å². The van der Waals surface area contributed by atoms with Crippen molar-refractivity contribution in [1.82, 2.24) is 0 Å². The van der Waals surface area contributed by atoms with Crippen LogP contribution in [0.15, 0.2) is 18.4 Å². The molecule has 1 aromatic rings. The van der Waals surface area contributed by atoms with Crippen LogP contribution in [0.1, 0.15) is 29.3 Å². The van der Waals surface area contributed by atoms with Gasteiger partial charge in [-0.05, 0) is 25.5 Å². The zero-order valence-electron chi connectivity index (χ0n) is 10.1. The summed E-state index contributed by atoms with van der Waals surface area (Å²) in [6.45, 7) is 6.76. The summed E-state index contributed by atoms with van der Waals surface area (Å²) < 4.78 is 44.6. The van der Waals surface area contributed by atoms with Crippen molar-refractivity contribution in [3.63, 3.8) is 0 Å². The fourth-order valence-corrected chi connectivity index (χ4v) is 1.46. The molecule has 0 atom stereocenters. The predicted octanol–water partition coefficient (Wildman–Crippen LogP) is 3.54. The maximum Gasteiger partial charge on any atom is 0.195 e. The highest BCUT2D eigenvalue weighted by Gasteiger charge is 2.21. The lowest BCUT2D eigenvalue weighted by Crippen LogP contribution is -2.09. The number of ether oxygens (including phenoxy) is 1. The second-order valence-corrected chi connectivity index (χ2v) is 3.75. The number of aryl methyl sites for hydroxylation is 1. The number of halogens is 3. The summed E-state index contributed by atoms with van der Waals surface area (Å²) in [7, 11) is 0. The van der Waals surface area contributed by atoms with Crippen LogP contribution in [-0.2, 0) is 4.74 Å². The molecule has 1 rings (SSSR count). The number of carbonyl (C=O) groups excluding carboxylic acids is 1. The molecule has 0 aliphatic rings. The van der Waals surface area contributed by atoms with E-state index >= 15 is 0 Å². The second-order valence-electron chi connectivity index (χ2n) is 3.75. The standard InChI is InChI=1S/C13H13F3O2/c1-4-18-8(3)6-10(17)9-5-7(2)11(14)13(16)12(9)15/h5H,3-4,6H2,1-2H3. The van der Waals surface area contributed by atoms with Gasteiger partial charge in [-0.3, -0.25) is 4.79 Å². The zero-order chi connectivity index (χ0) is 13.9. The Balaban J connectivity index is 3.04. The van der Waals surface area contributed by atoms with Crippen LogP contribution in [0.3, 0.4) is 0 Å². The third-order valence-corrected chi connectivity index (χ3v) is 2.34. The number of rotatable bonds is 5. The summed E-state index contributed by atoms with van der Waals surface area (Å²) in [6, 6.07) is 0.981. The van der Waals surface area contributed by atoms with Gasteiger partial charge in [-0.25, -0.2) is 13.2 Å². The Labute approximate surface area is 103 Å². The average Bonchev–Trinajstić information content (AvgIpc) is 2.31. The molecule has 0 radical (unpaired) electrons. The maximum absolute atomic E-state index is 13.4. The highest BCUT2D eigenvalue weighted by molar-refractivity contribution is 5.97. The lowest BCUT2D eigenvalue weighted by atomic mass is 10.0. The van der Waals surface area contributed by atoms with E-state index in [0.29, 0.717) is 6.61 Å². The molecule has 0 saturated heterocycles. The van der Waals surface area contributed by atoms with E-state index in [1.165, 1.54) is 6.92 Å². The Kier molecular flexibility index (Phi) is 4.53. The highest BCUT2D eigenvalue weighted by atomic mass is 19.2. The van der Waals surface area contributed by atoms with Gasteiger partial charge in [0.25, 0.3) is 0 Å². The molecule has 0 aliphatic heterocycles. The lowest BCUT2D eigenvalue weighted by molar-refractivity contribution is 0.0960. The molecule has 0 aromatic heterocycles. The van der Waals surface area contributed by atoms with Gasteiger partial charge >= 0.3 is 0 Å². The van der Waals surface area contributed by atoms with E-state index in [1.807, 2.05) is 0 Å². The molecule has 5 heteroatoms. The first kappa shape index (κ1) is 14.3. The number of ketones is 1. The third kappa shape index (κ3) is 2.91. The summed E-state index contributed by atoms with van der Waals surface area (Å²) >= 11 is 0. The quantitative estimate of drug-likeness (QED) is 0.459. The molecule has 1 aromatic carbocycles. The third-order valence-electron chi connectivity index (χ3n) is 2.34. The molecule has 0 unspecified atom stereocenters. The first-order valence-electron chi connectivity index (χ1n) is 5.36. The van der Waals surface area contributed by atoms with Crippen molar-refractivity contribution in [2.24, 2.45) is 0 Å². The van der Waals surface area contributed by atoms with E-state index in [1.54, 1.807) is 6.92 Å². The molecule has 0 saturated carbocycles. The summed E-state index contributed by atoms with van der Waals surface area (Å²) in [6.07, 6.45) is -0.269. The predicted molar refractivity (Wildman–Crippen MR) is 60.8 cm³/mol. The lowest BCUT2D eigenvalue weighted by Gasteiger charge is -2.08. The van der Waals surface area contributed by atoms with Crippen LogP contribution in [-0.4, -0.2) is 12.4 Å². The zero-order valence-corrected chi connectivity index (χ0v) is 10.1. The molecule has 0 aliphatic carbocycles. The van der Waals surface area contributed by atoms with Crippen LogP contribution in [0.25, 0.3) is 0 Å². The summed E-state index contributed by atoms with van der Waals surface area (Å²) in [4.78, 5) is 11.7. The van der Waals surface area contributed by atoms with Crippen LogP contribution in [0, 0.1) is 24.4 Å². The van der Waals surface area contributed by atoms with E-state index in [4.69, 9.17) is 4.74 Å². The van der Waals surface area contributed by atoms with E-state index in [-0.39, 0.29) is 17.7 Å². The van der Waals surface area contributed by atoms with Gasteiger partial charge in [0.05, 0.1) is 24.4 Å². The van der Waals surface area contributed by atoms with Gasteiger partial charge in [0.2, 0.25) is 0 Å². The molecular formula is C13H13F3O2. The molecule has 0 N–H and O–H groups in total. The minimum Gasteiger partial charge on any atom is -0.498 e. The van der Waals surface area contributed by atoms with Crippen molar-refractivity contribution in [1.29, 1.82) is 0 Å². The van der Waals surface area contributed by atoms with Crippen molar-refractivity contribution in [2.75, 3.05) is 6.61 Å². The van der Waals surface area contributed by atoms with Crippen LogP contribution in [0.2, 0.25) is 0 Å². The van der Waals surface area contributed by atoms with Gasteiger partial charge in [0.1, 0.15) is 0 Å². The molecular weight excluding hydrogens is 245 g/mol. The summed E-state index contributed by atoms with van der Waals surface area (Å²) in [5.74, 6) is -4.95. The fourth-order valence-electron chi connectivity index (χ4n) is 1.46. The Bertz CT molecular complexity index is 495. The molecule has 2 nitrogen and oxygen atoms in total. The van der Waals surface area contributed by atoms with E-state index < -0.39 is 28.8 Å². The minimum absolute atomic E-state index is 0.126.